The van der Waals surface area contributed by atoms with Crippen LogP contribution in [0.5, 0.6) is 0 Å². The SMILES string of the molecule is CCCN(CC(=O)O)C(=O)c1cc(Cl)cn1CC. The van der Waals surface area contributed by atoms with Gasteiger partial charge in [-0.05, 0) is 19.4 Å². The lowest BCUT2D eigenvalue weighted by atomic mass is 10.3. The van der Waals surface area contributed by atoms with Gasteiger partial charge in [0.2, 0.25) is 0 Å². The summed E-state index contributed by atoms with van der Waals surface area (Å²) in [7, 11) is 0. The first-order chi connectivity index (χ1) is 8.49. The fraction of sp³-hybridized carbons (Fsp3) is 0.500. The maximum atomic E-state index is 12.2. The second kappa shape index (κ2) is 6.44. The summed E-state index contributed by atoms with van der Waals surface area (Å²) in [6, 6.07) is 1.57. The van der Waals surface area contributed by atoms with E-state index in [-0.39, 0.29) is 12.5 Å². The maximum absolute atomic E-state index is 12.2. The molecular weight excluding hydrogens is 256 g/mol. The molecule has 0 unspecified atom stereocenters. The van der Waals surface area contributed by atoms with Crippen molar-refractivity contribution in [1.29, 1.82) is 0 Å². The van der Waals surface area contributed by atoms with Crippen LogP contribution in [0.15, 0.2) is 12.3 Å². The molecule has 1 aromatic heterocycles. The van der Waals surface area contributed by atoms with E-state index < -0.39 is 5.97 Å². The van der Waals surface area contributed by atoms with Crippen LogP contribution in [0.4, 0.5) is 0 Å². The topological polar surface area (TPSA) is 62.5 Å². The summed E-state index contributed by atoms with van der Waals surface area (Å²) in [6.07, 6.45) is 2.37. The Morgan fingerprint density at radius 1 is 1.44 bits per heavy atom. The molecule has 18 heavy (non-hydrogen) atoms. The van der Waals surface area contributed by atoms with Gasteiger partial charge >= 0.3 is 5.97 Å². The molecule has 0 atom stereocenters. The Morgan fingerprint density at radius 3 is 2.61 bits per heavy atom. The van der Waals surface area contributed by atoms with Crippen molar-refractivity contribution in [1.82, 2.24) is 9.47 Å². The number of carboxylic acid groups (broad SMARTS) is 1. The second-order valence-electron chi connectivity index (χ2n) is 3.95. The number of carbonyl (C=O) groups excluding carboxylic acids is 1. The largest absolute Gasteiger partial charge is 0.480 e. The predicted molar refractivity (Wildman–Crippen MR) is 68.9 cm³/mol. The zero-order valence-electron chi connectivity index (χ0n) is 10.5. The minimum atomic E-state index is -1.02. The van der Waals surface area contributed by atoms with E-state index in [1.807, 2.05) is 13.8 Å². The van der Waals surface area contributed by atoms with Gasteiger partial charge in [0.25, 0.3) is 5.91 Å². The standard InChI is InChI=1S/C12H17ClN2O3/c1-3-5-15(8-11(16)17)12(18)10-6-9(13)7-14(10)4-2/h6-7H,3-5,8H2,1-2H3,(H,16,17). The van der Waals surface area contributed by atoms with Gasteiger partial charge in [-0.1, -0.05) is 18.5 Å². The Morgan fingerprint density at radius 2 is 2.11 bits per heavy atom. The number of carbonyl (C=O) groups is 2. The number of hydrogen-bond acceptors (Lipinski definition) is 2. The normalized spacial score (nSPS) is 10.4. The van der Waals surface area contributed by atoms with Gasteiger partial charge in [0.1, 0.15) is 12.2 Å². The van der Waals surface area contributed by atoms with E-state index in [1.165, 1.54) is 4.90 Å². The first-order valence-corrected chi connectivity index (χ1v) is 6.24. The van der Waals surface area contributed by atoms with Crippen molar-refractivity contribution in [3.05, 3.63) is 23.0 Å². The van der Waals surface area contributed by atoms with Crippen LogP contribution in [0, 0.1) is 0 Å². The third-order valence-electron chi connectivity index (χ3n) is 2.53. The minimum absolute atomic E-state index is 0.292. The van der Waals surface area contributed by atoms with Crippen molar-refractivity contribution >= 4 is 23.5 Å². The number of hydrogen-bond donors (Lipinski definition) is 1. The van der Waals surface area contributed by atoms with Crippen LogP contribution < -0.4 is 0 Å². The van der Waals surface area contributed by atoms with E-state index in [1.54, 1.807) is 16.8 Å². The van der Waals surface area contributed by atoms with E-state index >= 15 is 0 Å². The first-order valence-electron chi connectivity index (χ1n) is 5.86. The Kier molecular flexibility index (Phi) is 5.22. The van der Waals surface area contributed by atoms with Crippen LogP contribution in [0.1, 0.15) is 30.8 Å². The number of halogens is 1. The quantitative estimate of drug-likeness (QED) is 0.863. The molecule has 0 radical (unpaired) electrons. The molecule has 6 heteroatoms. The summed E-state index contributed by atoms with van der Waals surface area (Å²) < 4.78 is 1.72. The monoisotopic (exact) mass is 272 g/mol. The van der Waals surface area contributed by atoms with Crippen LogP contribution in [0.25, 0.3) is 0 Å². The molecule has 100 valence electrons. The molecule has 1 rings (SSSR count). The highest BCUT2D eigenvalue weighted by Gasteiger charge is 2.21. The second-order valence-corrected chi connectivity index (χ2v) is 4.39. The molecule has 1 heterocycles. The van der Waals surface area contributed by atoms with Crippen molar-refractivity contribution in [3.63, 3.8) is 0 Å². The third-order valence-corrected chi connectivity index (χ3v) is 2.74. The highest BCUT2D eigenvalue weighted by atomic mass is 35.5. The van der Waals surface area contributed by atoms with Gasteiger partial charge in [0.15, 0.2) is 0 Å². The molecule has 0 aliphatic carbocycles. The third kappa shape index (κ3) is 3.50. The van der Waals surface area contributed by atoms with E-state index in [2.05, 4.69) is 0 Å². The summed E-state index contributed by atoms with van der Waals surface area (Å²) in [4.78, 5) is 24.3. The van der Waals surface area contributed by atoms with Crippen LogP contribution in [-0.4, -0.2) is 39.5 Å². The fourth-order valence-corrected chi connectivity index (χ4v) is 1.98. The molecule has 0 spiro atoms. The highest BCUT2D eigenvalue weighted by molar-refractivity contribution is 6.31. The average Bonchev–Trinajstić information content (AvgIpc) is 2.68. The Labute approximate surface area is 111 Å². The minimum Gasteiger partial charge on any atom is -0.480 e. The zero-order chi connectivity index (χ0) is 13.7. The molecule has 5 nitrogen and oxygen atoms in total. The fourth-order valence-electron chi connectivity index (χ4n) is 1.76. The van der Waals surface area contributed by atoms with Crippen LogP contribution in [-0.2, 0) is 11.3 Å². The summed E-state index contributed by atoms with van der Waals surface area (Å²) >= 11 is 5.87. The van der Waals surface area contributed by atoms with E-state index in [4.69, 9.17) is 16.7 Å². The lowest BCUT2D eigenvalue weighted by molar-refractivity contribution is -0.137. The number of nitrogens with zero attached hydrogens (tertiary/aromatic N) is 2. The molecule has 0 aromatic carbocycles. The van der Waals surface area contributed by atoms with Crippen LogP contribution in [0.3, 0.4) is 0 Å². The molecule has 0 bridgehead atoms. The number of amides is 1. The van der Waals surface area contributed by atoms with Gasteiger partial charge in [0.05, 0.1) is 5.02 Å². The van der Waals surface area contributed by atoms with Crippen molar-refractivity contribution in [2.45, 2.75) is 26.8 Å². The number of aryl methyl sites for hydroxylation is 1. The summed E-state index contributed by atoms with van der Waals surface area (Å²) in [5.41, 5.74) is 0.428. The van der Waals surface area contributed by atoms with E-state index in [9.17, 15) is 9.59 Å². The number of carboxylic acids is 1. The van der Waals surface area contributed by atoms with Crippen molar-refractivity contribution in [2.75, 3.05) is 13.1 Å². The van der Waals surface area contributed by atoms with Crippen molar-refractivity contribution in [3.8, 4) is 0 Å². The first kappa shape index (κ1) is 14.6. The molecule has 0 saturated heterocycles. The summed E-state index contributed by atoms with van der Waals surface area (Å²) in [5.74, 6) is -1.31. The van der Waals surface area contributed by atoms with Gasteiger partial charge in [-0.3, -0.25) is 9.59 Å². The van der Waals surface area contributed by atoms with E-state index in [0.717, 1.165) is 0 Å². The Bertz CT molecular complexity index is 443. The number of rotatable bonds is 6. The zero-order valence-corrected chi connectivity index (χ0v) is 11.3. The molecule has 0 saturated carbocycles. The Balaban J connectivity index is 2.96. The molecular formula is C12H17ClN2O3. The predicted octanol–water partition coefficient (Wildman–Crippen LogP) is 2.10. The highest BCUT2D eigenvalue weighted by Crippen LogP contribution is 2.16. The lowest BCUT2D eigenvalue weighted by Gasteiger charge is -2.20. The molecule has 0 aliphatic rings. The van der Waals surface area contributed by atoms with Gasteiger partial charge in [-0.15, -0.1) is 0 Å². The number of aromatic nitrogens is 1. The maximum Gasteiger partial charge on any atom is 0.323 e. The molecule has 1 N–H and O–H groups in total. The molecule has 0 aliphatic heterocycles. The smallest absolute Gasteiger partial charge is 0.323 e. The molecule has 1 amide bonds. The van der Waals surface area contributed by atoms with Gasteiger partial charge in [0, 0.05) is 19.3 Å². The average molecular weight is 273 g/mol. The summed E-state index contributed by atoms with van der Waals surface area (Å²) in [5, 5.41) is 9.29. The van der Waals surface area contributed by atoms with Gasteiger partial charge in [-0.2, -0.15) is 0 Å². The van der Waals surface area contributed by atoms with Gasteiger partial charge < -0.3 is 14.6 Å². The lowest BCUT2D eigenvalue weighted by Crippen LogP contribution is -2.37. The van der Waals surface area contributed by atoms with Crippen molar-refractivity contribution < 1.29 is 14.7 Å². The summed E-state index contributed by atoms with van der Waals surface area (Å²) in [6.45, 7) is 4.53. The molecule has 1 aromatic rings. The van der Waals surface area contributed by atoms with Gasteiger partial charge in [-0.25, -0.2) is 0 Å². The van der Waals surface area contributed by atoms with Crippen molar-refractivity contribution in [2.24, 2.45) is 0 Å². The van der Waals surface area contributed by atoms with E-state index in [0.29, 0.717) is 30.2 Å². The number of aliphatic carboxylic acids is 1. The Hall–Kier alpha value is -1.49. The van der Waals surface area contributed by atoms with Crippen LogP contribution in [0.2, 0.25) is 5.02 Å². The molecule has 0 fully saturated rings. The van der Waals surface area contributed by atoms with Crippen LogP contribution >= 0.6 is 11.6 Å².